The molecule has 1 N–H and O–H groups in total. The molecule has 3 aromatic carbocycles. The first kappa shape index (κ1) is 23.0. The summed E-state index contributed by atoms with van der Waals surface area (Å²) in [7, 11) is -3.87. The Bertz CT molecular complexity index is 1100. The van der Waals surface area contributed by atoms with Crippen LogP contribution in [-0.2, 0) is 21.4 Å². The van der Waals surface area contributed by atoms with Crippen LogP contribution < -0.4 is 10.1 Å². The normalized spacial score (nSPS) is 11.3. The molecule has 3 rings (SSSR count). The van der Waals surface area contributed by atoms with Gasteiger partial charge in [0.05, 0.1) is 18.0 Å². The summed E-state index contributed by atoms with van der Waals surface area (Å²) in [5.74, 6) is 0.268. The molecule has 0 aromatic heterocycles. The van der Waals surface area contributed by atoms with Crippen LogP contribution in [-0.4, -0.2) is 31.8 Å². The SMILES string of the molecule is CCOc1ccc(NC(=O)CN(Cc2ccc(Br)cc2)S(=O)(=O)c2ccccc2)cc1. The molecule has 31 heavy (non-hydrogen) atoms. The van der Waals surface area contributed by atoms with Crippen LogP contribution in [0.1, 0.15) is 12.5 Å². The predicted octanol–water partition coefficient (Wildman–Crippen LogP) is 4.68. The number of hydrogen-bond acceptors (Lipinski definition) is 4. The van der Waals surface area contributed by atoms with E-state index in [0.29, 0.717) is 18.0 Å². The van der Waals surface area contributed by atoms with Crippen molar-refractivity contribution >= 4 is 37.5 Å². The van der Waals surface area contributed by atoms with E-state index in [-0.39, 0.29) is 18.0 Å². The molecule has 0 aliphatic heterocycles. The lowest BCUT2D eigenvalue weighted by atomic mass is 10.2. The van der Waals surface area contributed by atoms with Gasteiger partial charge in [0.1, 0.15) is 5.75 Å². The number of anilines is 1. The van der Waals surface area contributed by atoms with Crippen LogP contribution in [0.15, 0.2) is 88.2 Å². The highest BCUT2D eigenvalue weighted by Crippen LogP contribution is 2.20. The van der Waals surface area contributed by atoms with Crippen LogP contribution in [0.4, 0.5) is 5.69 Å². The van der Waals surface area contributed by atoms with Crippen LogP contribution in [0.25, 0.3) is 0 Å². The van der Waals surface area contributed by atoms with E-state index >= 15 is 0 Å². The number of nitrogens with zero attached hydrogens (tertiary/aromatic N) is 1. The largest absolute Gasteiger partial charge is 0.494 e. The molecular formula is C23H23BrN2O4S. The highest BCUT2D eigenvalue weighted by atomic mass is 79.9. The van der Waals surface area contributed by atoms with E-state index in [9.17, 15) is 13.2 Å². The van der Waals surface area contributed by atoms with Gasteiger partial charge in [-0.15, -0.1) is 0 Å². The summed E-state index contributed by atoms with van der Waals surface area (Å²) in [6, 6.07) is 22.4. The Hall–Kier alpha value is -2.68. The number of rotatable bonds is 9. The van der Waals surface area contributed by atoms with E-state index in [2.05, 4.69) is 21.2 Å². The minimum absolute atomic E-state index is 0.0706. The third-order valence-electron chi connectivity index (χ3n) is 4.42. The van der Waals surface area contributed by atoms with Gasteiger partial charge in [-0.05, 0) is 61.0 Å². The van der Waals surface area contributed by atoms with Gasteiger partial charge in [-0.3, -0.25) is 4.79 Å². The molecule has 1 amide bonds. The number of ether oxygens (including phenoxy) is 1. The van der Waals surface area contributed by atoms with Crippen LogP contribution in [0.2, 0.25) is 0 Å². The molecular weight excluding hydrogens is 480 g/mol. The van der Waals surface area contributed by atoms with Gasteiger partial charge in [0.15, 0.2) is 0 Å². The van der Waals surface area contributed by atoms with Crippen LogP contribution in [0.3, 0.4) is 0 Å². The second-order valence-electron chi connectivity index (χ2n) is 6.72. The van der Waals surface area contributed by atoms with Gasteiger partial charge in [-0.2, -0.15) is 4.31 Å². The lowest BCUT2D eigenvalue weighted by molar-refractivity contribution is -0.116. The molecule has 0 bridgehead atoms. The molecule has 162 valence electrons. The molecule has 0 saturated heterocycles. The molecule has 6 nitrogen and oxygen atoms in total. The third-order valence-corrected chi connectivity index (χ3v) is 6.76. The first-order chi connectivity index (χ1) is 14.9. The summed E-state index contributed by atoms with van der Waals surface area (Å²) in [6.07, 6.45) is 0. The highest BCUT2D eigenvalue weighted by Gasteiger charge is 2.26. The number of hydrogen-bond donors (Lipinski definition) is 1. The molecule has 8 heteroatoms. The van der Waals surface area contributed by atoms with Gasteiger partial charge < -0.3 is 10.1 Å². The van der Waals surface area contributed by atoms with Crippen molar-refractivity contribution in [2.45, 2.75) is 18.4 Å². The van der Waals surface area contributed by atoms with Gasteiger partial charge in [0.25, 0.3) is 0 Å². The minimum atomic E-state index is -3.87. The fourth-order valence-corrected chi connectivity index (χ4v) is 4.59. The predicted molar refractivity (Wildman–Crippen MR) is 124 cm³/mol. The Morgan fingerprint density at radius 3 is 2.23 bits per heavy atom. The van der Waals surface area contributed by atoms with Crippen molar-refractivity contribution in [3.63, 3.8) is 0 Å². The van der Waals surface area contributed by atoms with Crippen LogP contribution >= 0.6 is 15.9 Å². The molecule has 0 unspecified atom stereocenters. The summed E-state index contributed by atoms with van der Waals surface area (Å²) in [4.78, 5) is 12.8. The second-order valence-corrected chi connectivity index (χ2v) is 9.57. The highest BCUT2D eigenvalue weighted by molar-refractivity contribution is 9.10. The maximum atomic E-state index is 13.2. The lowest BCUT2D eigenvalue weighted by Gasteiger charge is -2.22. The molecule has 0 radical (unpaired) electrons. The van der Waals surface area contributed by atoms with Crippen LogP contribution in [0, 0.1) is 0 Å². The van der Waals surface area contributed by atoms with E-state index in [1.165, 1.54) is 16.4 Å². The van der Waals surface area contributed by atoms with Gasteiger partial charge in [-0.1, -0.05) is 46.3 Å². The fraction of sp³-hybridized carbons (Fsp3) is 0.174. The Balaban J connectivity index is 1.80. The Morgan fingerprint density at radius 1 is 0.968 bits per heavy atom. The first-order valence-corrected chi connectivity index (χ1v) is 11.9. The number of sulfonamides is 1. The number of nitrogens with one attached hydrogen (secondary N) is 1. The maximum Gasteiger partial charge on any atom is 0.243 e. The van der Waals surface area contributed by atoms with Gasteiger partial charge in [0, 0.05) is 16.7 Å². The maximum absolute atomic E-state index is 13.2. The number of amides is 1. The summed E-state index contributed by atoms with van der Waals surface area (Å²) in [5.41, 5.74) is 1.34. The first-order valence-electron chi connectivity index (χ1n) is 9.71. The van der Waals surface area contributed by atoms with Crippen molar-refractivity contribution < 1.29 is 17.9 Å². The molecule has 3 aromatic rings. The van der Waals surface area contributed by atoms with E-state index in [1.54, 1.807) is 42.5 Å². The second kappa shape index (κ2) is 10.6. The zero-order valence-electron chi connectivity index (χ0n) is 17.0. The average molecular weight is 503 g/mol. The molecule has 0 aliphatic rings. The monoisotopic (exact) mass is 502 g/mol. The smallest absolute Gasteiger partial charge is 0.243 e. The average Bonchev–Trinajstić information content (AvgIpc) is 2.77. The van der Waals surface area contributed by atoms with Crippen molar-refractivity contribution in [2.24, 2.45) is 0 Å². The quantitative estimate of drug-likeness (QED) is 0.460. The zero-order chi connectivity index (χ0) is 22.3. The Labute approximate surface area is 191 Å². The number of carbonyl (C=O) groups excluding carboxylic acids is 1. The summed E-state index contributed by atoms with van der Waals surface area (Å²) < 4.78 is 33.9. The van der Waals surface area contributed by atoms with E-state index < -0.39 is 15.9 Å². The van der Waals surface area contributed by atoms with Crippen molar-refractivity contribution in [1.29, 1.82) is 0 Å². The number of carbonyl (C=O) groups is 1. The molecule has 0 atom stereocenters. The lowest BCUT2D eigenvalue weighted by Crippen LogP contribution is -2.37. The molecule has 0 fully saturated rings. The molecule has 0 saturated carbocycles. The topological polar surface area (TPSA) is 75.7 Å². The van der Waals surface area contributed by atoms with Crippen molar-refractivity contribution in [3.05, 3.63) is 88.9 Å². The van der Waals surface area contributed by atoms with E-state index in [4.69, 9.17) is 4.74 Å². The Kier molecular flexibility index (Phi) is 7.84. The van der Waals surface area contributed by atoms with Crippen LogP contribution in [0.5, 0.6) is 5.75 Å². The molecule has 0 spiro atoms. The number of halogens is 1. The third kappa shape index (κ3) is 6.40. The summed E-state index contributed by atoms with van der Waals surface area (Å²) in [5, 5.41) is 2.75. The molecule has 0 heterocycles. The van der Waals surface area contributed by atoms with Crippen molar-refractivity contribution in [1.82, 2.24) is 4.31 Å². The minimum Gasteiger partial charge on any atom is -0.494 e. The zero-order valence-corrected chi connectivity index (χ0v) is 19.4. The standard InChI is InChI=1S/C23H23BrN2O4S/c1-2-30-21-14-12-20(13-15-21)25-23(27)17-26(16-18-8-10-19(24)11-9-18)31(28,29)22-6-4-3-5-7-22/h3-15H,2,16-17H2,1H3,(H,25,27). The van der Waals surface area contributed by atoms with E-state index in [0.717, 1.165) is 10.0 Å². The molecule has 0 aliphatic carbocycles. The fourth-order valence-electron chi connectivity index (χ4n) is 2.92. The van der Waals surface area contributed by atoms with E-state index in [1.807, 2.05) is 31.2 Å². The van der Waals surface area contributed by atoms with Gasteiger partial charge in [0.2, 0.25) is 15.9 Å². The Morgan fingerprint density at radius 2 is 1.61 bits per heavy atom. The van der Waals surface area contributed by atoms with Gasteiger partial charge >= 0.3 is 0 Å². The van der Waals surface area contributed by atoms with Crippen molar-refractivity contribution in [2.75, 3.05) is 18.5 Å². The number of benzene rings is 3. The summed E-state index contributed by atoms with van der Waals surface area (Å²) >= 11 is 3.38. The van der Waals surface area contributed by atoms with Gasteiger partial charge in [-0.25, -0.2) is 8.42 Å². The van der Waals surface area contributed by atoms with Crippen molar-refractivity contribution in [3.8, 4) is 5.75 Å². The summed E-state index contributed by atoms with van der Waals surface area (Å²) in [6.45, 7) is 2.19.